The van der Waals surface area contributed by atoms with Crippen LogP contribution >= 0.6 is 0 Å². The summed E-state index contributed by atoms with van der Waals surface area (Å²) in [5, 5.41) is 13.0. The molecule has 0 fully saturated rings. The van der Waals surface area contributed by atoms with Crippen molar-refractivity contribution in [3.63, 3.8) is 0 Å². The van der Waals surface area contributed by atoms with Crippen molar-refractivity contribution in [3.8, 4) is 34.0 Å². The van der Waals surface area contributed by atoms with Crippen molar-refractivity contribution in [2.75, 3.05) is 0 Å². The van der Waals surface area contributed by atoms with Crippen LogP contribution in [0.15, 0.2) is 211 Å². The first-order valence-electron chi connectivity index (χ1n) is 21.4. The van der Waals surface area contributed by atoms with E-state index in [4.69, 9.17) is 14.4 Å². The minimum absolute atomic E-state index is 0.671. The Balaban J connectivity index is 0.951. The van der Waals surface area contributed by atoms with Gasteiger partial charge in [-0.05, 0) is 89.0 Å². The predicted molar refractivity (Wildman–Crippen MR) is 261 cm³/mol. The minimum Gasteiger partial charge on any atom is -0.456 e. The van der Waals surface area contributed by atoms with Crippen LogP contribution in [0.1, 0.15) is 0 Å². The quantitative estimate of drug-likeness (QED) is 0.178. The molecule has 5 nitrogen and oxygen atoms in total. The lowest BCUT2D eigenvalue weighted by molar-refractivity contribution is 0.669. The average molecular weight is 803 g/mol. The molecule has 0 radical (unpaired) electrons. The van der Waals surface area contributed by atoms with Gasteiger partial charge < -0.3 is 13.6 Å². The first-order chi connectivity index (χ1) is 31.2. The van der Waals surface area contributed by atoms with E-state index in [1.165, 1.54) is 54.1 Å². The van der Waals surface area contributed by atoms with Crippen molar-refractivity contribution < 1.29 is 4.42 Å². The van der Waals surface area contributed by atoms with E-state index in [0.29, 0.717) is 5.82 Å². The molecule has 0 N–H and O–H groups in total. The number of nitrogens with zero attached hydrogens (tertiary/aromatic N) is 4. The normalized spacial score (nSPS) is 12.1. The Labute approximate surface area is 360 Å². The van der Waals surface area contributed by atoms with E-state index < -0.39 is 0 Å². The summed E-state index contributed by atoms with van der Waals surface area (Å²) in [6.45, 7) is 0. The molecule has 0 atom stereocenters. The van der Waals surface area contributed by atoms with Crippen LogP contribution in [0.5, 0.6) is 0 Å². The molecule has 0 aliphatic heterocycles. The van der Waals surface area contributed by atoms with E-state index in [1.807, 2.05) is 18.2 Å². The fourth-order valence-corrected chi connectivity index (χ4v) is 10.2. The van der Waals surface area contributed by atoms with Gasteiger partial charge in [0.05, 0.1) is 33.3 Å². The molecule has 10 aromatic carbocycles. The molecule has 0 aliphatic carbocycles. The van der Waals surface area contributed by atoms with Crippen LogP contribution in [0.2, 0.25) is 0 Å². The SMILES string of the molecule is c1cc(-c2nc(-c3ccc4c(c3)oc3ccccc34)c3ccccc3n2)cc(-n2c3ccccc3c3cc4ccc(-n5c6ccccc6c6ccc7ccccc7c65)cc4cc32)c1. The lowest BCUT2D eigenvalue weighted by atomic mass is 10.0. The van der Waals surface area contributed by atoms with Crippen molar-refractivity contribution in [2.45, 2.75) is 0 Å². The van der Waals surface area contributed by atoms with Crippen LogP contribution in [-0.4, -0.2) is 19.1 Å². The lowest BCUT2D eigenvalue weighted by Gasteiger charge is -2.13. The largest absolute Gasteiger partial charge is 0.456 e. The maximum atomic E-state index is 6.32. The summed E-state index contributed by atoms with van der Waals surface area (Å²) in [6.07, 6.45) is 0. The van der Waals surface area contributed by atoms with Gasteiger partial charge in [0.25, 0.3) is 0 Å². The summed E-state index contributed by atoms with van der Waals surface area (Å²) < 4.78 is 11.2. The summed E-state index contributed by atoms with van der Waals surface area (Å²) in [5.74, 6) is 0.671. The Morgan fingerprint density at radius 1 is 0.333 bits per heavy atom. The smallest absolute Gasteiger partial charge is 0.160 e. The molecule has 0 unspecified atom stereocenters. The number of fused-ring (bicyclic) bond motifs is 13. The molecule has 5 heteroatoms. The van der Waals surface area contributed by atoms with Crippen molar-refractivity contribution in [1.82, 2.24) is 19.1 Å². The lowest BCUT2D eigenvalue weighted by Crippen LogP contribution is -1.98. The summed E-state index contributed by atoms with van der Waals surface area (Å²) in [7, 11) is 0. The zero-order valence-electron chi connectivity index (χ0n) is 33.8. The Hall–Kier alpha value is -8.54. The van der Waals surface area contributed by atoms with Gasteiger partial charge in [-0.1, -0.05) is 133 Å². The number of benzene rings is 10. The Bertz CT molecular complexity index is 4230. The van der Waals surface area contributed by atoms with Gasteiger partial charge in [-0.2, -0.15) is 0 Å². The van der Waals surface area contributed by atoms with Gasteiger partial charge >= 0.3 is 0 Å². The van der Waals surface area contributed by atoms with Crippen LogP contribution in [0.3, 0.4) is 0 Å². The molecule has 0 amide bonds. The molecule has 0 spiro atoms. The molecule has 4 aromatic heterocycles. The third-order valence-electron chi connectivity index (χ3n) is 13.0. The number of para-hydroxylation sites is 4. The van der Waals surface area contributed by atoms with Crippen molar-refractivity contribution in [2.24, 2.45) is 0 Å². The van der Waals surface area contributed by atoms with E-state index in [2.05, 4.69) is 197 Å². The topological polar surface area (TPSA) is 48.8 Å². The predicted octanol–water partition coefficient (Wildman–Crippen LogP) is 15.4. The summed E-state index contributed by atoms with van der Waals surface area (Å²) in [5.41, 5.74) is 12.3. The fraction of sp³-hybridized carbons (Fsp3) is 0. The van der Waals surface area contributed by atoms with Crippen LogP contribution in [-0.2, 0) is 0 Å². The Morgan fingerprint density at radius 3 is 1.90 bits per heavy atom. The molecule has 0 aliphatic rings. The molecule has 0 bridgehead atoms. The molecule has 0 saturated heterocycles. The molecular weight excluding hydrogens is 769 g/mol. The standard InChI is InChI=1S/C58H34N4O/c1-2-15-42-35(12-1)25-29-47-43-16-4-9-22-52(43)62(57(42)47)41-27-24-36-32-49-44-17-5-8-21-51(44)61(53(49)33-39(36)31-41)40-14-11-13-38(30-40)58-59-50-20-7-3-19-48(50)56(60-58)37-26-28-46-45-18-6-10-23-54(45)63-55(46)34-37/h1-34H. The monoisotopic (exact) mass is 802 g/mol. The van der Waals surface area contributed by atoms with Crippen LogP contribution in [0.25, 0.3) is 132 Å². The van der Waals surface area contributed by atoms with Gasteiger partial charge in [-0.25, -0.2) is 9.97 Å². The van der Waals surface area contributed by atoms with E-state index >= 15 is 0 Å². The number of rotatable bonds is 4. The van der Waals surface area contributed by atoms with E-state index in [1.54, 1.807) is 0 Å². The molecule has 63 heavy (non-hydrogen) atoms. The third kappa shape index (κ3) is 5.05. The highest BCUT2D eigenvalue weighted by molar-refractivity contribution is 6.19. The number of hydrogen-bond acceptors (Lipinski definition) is 3. The number of furan rings is 1. The van der Waals surface area contributed by atoms with Crippen molar-refractivity contribution >= 4 is 98.0 Å². The summed E-state index contributed by atoms with van der Waals surface area (Å²) >= 11 is 0. The fourth-order valence-electron chi connectivity index (χ4n) is 10.2. The second-order valence-corrected chi connectivity index (χ2v) is 16.6. The number of aromatic nitrogens is 4. The van der Waals surface area contributed by atoms with Crippen LogP contribution < -0.4 is 0 Å². The average Bonchev–Trinajstić information content (AvgIpc) is 4.00. The second kappa shape index (κ2) is 13.0. The van der Waals surface area contributed by atoms with Gasteiger partial charge in [-0.3, -0.25) is 0 Å². The molecule has 4 heterocycles. The molecule has 0 saturated carbocycles. The zero-order chi connectivity index (χ0) is 41.2. The van der Waals surface area contributed by atoms with Gasteiger partial charge in [-0.15, -0.1) is 0 Å². The van der Waals surface area contributed by atoms with Crippen LogP contribution in [0, 0.1) is 0 Å². The highest BCUT2D eigenvalue weighted by Gasteiger charge is 2.19. The van der Waals surface area contributed by atoms with Crippen LogP contribution in [0.4, 0.5) is 0 Å². The minimum atomic E-state index is 0.671. The Kier molecular flexibility index (Phi) is 7.05. The van der Waals surface area contributed by atoms with Gasteiger partial charge in [0.2, 0.25) is 0 Å². The first kappa shape index (κ1) is 34.2. The van der Waals surface area contributed by atoms with E-state index in [-0.39, 0.29) is 0 Å². The highest BCUT2D eigenvalue weighted by atomic mass is 16.3. The molecule has 14 aromatic rings. The molecule has 14 rings (SSSR count). The van der Waals surface area contributed by atoms with Gasteiger partial charge in [0, 0.05) is 65.6 Å². The number of hydrogen-bond donors (Lipinski definition) is 0. The maximum Gasteiger partial charge on any atom is 0.160 e. The van der Waals surface area contributed by atoms with Gasteiger partial charge in [0.1, 0.15) is 11.2 Å². The third-order valence-corrected chi connectivity index (χ3v) is 13.0. The van der Waals surface area contributed by atoms with E-state index in [9.17, 15) is 0 Å². The van der Waals surface area contributed by atoms with Gasteiger partial charge in [0.15, 0.2) is 5.82 Å². The molecule has 292 valence electrons. The Morgan fingerprint density at radius 2 is 1.02 bits per heavy atom. The highest BCUT2D eigenvalue weighted by Crippen LogP contribution is 2.40. The maximum absolute atomic E-state index is 6.32. The summed E-state index contributed by atoms with van der Waals surface area (Å²) in [6, 6.07) is 73.9. The first-order valence-corrected chi connectivity index (χ1v) is 21.4. The van der Waals surface area contributed by atoms with Crippen molar-refractivity contribution in [3.05, 3.63) is 206 Å². The second-order valence-electron chi connectivity index (χ2n) is 16.6. The summed E-state index contributed by atoms with van der Waals surface area (Å²) in [4.78, 5) is 10.5. The zero-order valence-corrected chi connectivity index (χ0v) is 33.8. The van der Waals surface area contributed by atoms with Crippen molar-refractivity contribution in [1.29, 1.82) is 0 Å². The van der Waals surface area contributed by atoms with E-state index in [0.717, 1.165) is 72.1 Å². The molecular formula is C58H34N4O.